The predicted octanol–water partition coefficient (Wildman–Crippen LogP) is 4.62. The molecule has 0 saturated carbocycles. The largest absolute Gasteiger partial charge is 0.481 e. The van der Waals surface area contributed by atoms with Gasteiger partial charge in [-0.05, 0) is 61.8 Å². The summed E-state index contributed by atoms with van der Waals surface area (Å²) >= 11 is 0. The van der Waals surface area contributed by atoms with Crippen LogP contribution < -0.4 is 5.32 Å². The SMILES string of the molecule is CCCCCNC(=O)c1coc(-c2ccc(CCC(=O)O)c(C)c2C2CC3CCC2O3)n1. The summed E-state index contributed by atoms with van der Waals surface area (Å²) in [6.45, 7) is 4.80. The first-order valence-electron chi connectivity index (χ1n) is 11.7. The lowest BCUT2D eigenvalue weighted by Crippen LogP contribution is -2.24. The fourth-order valence-corrected chi connectivity index (χ4v) is 5.06. The second-order valence-corrected chi connectivity index (χ2v) is 8.92. The van der Waals surface area contributed by atoms with Crippen LogP contribution in [0.1, 0.15) is 85.0 Å². The molecule has 2 N–H and O–H groups in total. The van der Waals surface area contributed by atoms with Crippen LogP contribution in [-0.4, -0.2) is 40.7 Å². The number of rotatable bonds is 10. The number of oxazole rings is 1. The van der Waals surface area contributed by atoms with Crippen molar-refractivity contribution < 1.29 is 23.8 Å². The molecule has 1 amide bonds. The number of hydrogen-bond acceptors (Lipinski definition) is 5. The Labute approximate surface area is 188 Å². The van der Waals surface area contributed by atoms with Gasteiger partial charge in [0.1, 0.15) is 6.26 Å². The smallest absolute Gasteiger partial charge is 0.303 e. The standard InChI is InChI=1S/C25H32N2O5/c1-3-4-5-12-26-24(30)20-14-31-25(27-20)18-9-6-16(7-11-22(28)29)15(2)23(18)19-13-17-8-10-21(19)32-17/h6,9,14,17,19,21H,3-5,7-8,10-13H2,1-2H3,(H,26,30)(H,28,29). The van der Waals surface area contributed by atoms with Crippen LogP contribution in [0.2, 0.25) is 0 Å². The van der Waals surface area contributed by atoms with Crippen molar-refractivity contribution in [1.29, 1.82) is 0 Å². The molecule has 2 aliphatic heterocycles. The van der Waals surface area contributed by atoms with Crippen molar-refractivity contribution in [2.75, 3.05) is 6.54 Å². The van der Waals surface area contributed by atoms with Crippen LogP contribution in [0.5, 0.6) is 0 Å². The number of fused-ring (bicyclic) bond motifs is 2. The van der Waals surface area contributed by atoms with Crippen molar-refractivity contribution in [2.24, 2.45) is 0 Å². The summed E-state index contributed by atoms with van der Waals surface area (Å²) in [5.74, 6) is -0.377. The van der Waals surface area contributed by atoms with E-state index in [4.69, 9.17) is 14.3 Å². The summed E-state index contributed by atoms with van der Waals surface area (Å²) in [5, 5.41) is 12.0. The van der Waals surface area contributed by atoms with Gasteiger partial charge in [0.05, 0.1) is 12.2 Å². The molecule has 2 saturated heterocycles. The first kappa shape index (κ1) is 22.5. The maximum absolute atomic E-state index is 12.5. The Morgan fingerprint density at radius 2 is 2.09 bits per heavy atom. The lowest BCUT2D eigenvalue weighted by Gasteiger charge is -2.24. The van der Waals surface area contributed by atoms with Gasteiger partial charge in [0.2, 0.25) is 5.89 Å². The van der Waals surface area contributed by atoms with Crippen LogP contribution in [0.15, 0.2) is 22.8 Å². The molecule has 4 rings (SSSR count). The van der Waals surface area contributed by atoms with Gasteiger partial charge in [0, 0.05) is 24.4 Å². The molecule has 32 heavy (non-hydrogen) atoms. The highest BCUT2D eigenvalue weighted by atomic mass is 16.5. The van der Waals surface area contributed by atoms with E-state index in [9.17, 15) is 9.59 Å². The van der Waals surface area contributed by atoms with Crippen molar-refractivity contribution in [1.82, 2.24) is 10.3 Å². The third-order valence-electron chi connectivity index (χ3n) is 6.75. The van der Waals surface area contributed by atoms with Crippen LogP contribution in [0.25, 0.3) is 11.5 Å². The topological polar surface area (TPSA) is 102 Å². The number of nitrogens with one attached hydrogen (secondary N) is 1. The second kappa shape index (κ2) is 9.86. The quantitative estimate of drug-likeness (QED) is 0.523. The highest BCUT2D eigenvalue weighted by molar-refractivity contribution is 5.92. The molecule has 0 radical (unpaired) electrons. The summed E-state index contributed by atoms with van der Waals surface area (Å²) in [7, 11) is 0. The van der Waals surface area contributed by atoms with E-state index in [2.05, 4.69) is 17.2 Å². The van der Waals surface area contributed by atoms with Crippen molar-refractivity contribution in [2.45, 2.75) is 83.3 Å². The Balaban J connectivity index is 1.62. The van der Waals surface area contributed by atoms with Crippen molar-refractivity contribution in [3.8, 4) is 11.5 Å². The van der Waals surface area contributed by atoms with E-state index >= 15 is 0 Å². The number of aromatic nitrogens is 1. The summed E-state index contributed by atoms with van der Waals surface area (Å²) in [6, 6.07) is 3.92. The molecule has 2 aromatic rings. The Kier molecular flexibility index (Phi) is 6.94. The number of benzene rings is 1. The minimum absolute atomic E-state index is 0.0915. The van der Waals surface area contributed by atoms with E-state index in [1.807, 2.05) is 19.1 Å². The van der Waals surface area contributed by atoms with Gasteiger partial charge in [-0.1, -0.05) is 25.8 Å². The Morgan fingerprint density at radius 1 is 1.25 bits per heavy atom. The number of hydrogen-bond donors (Lipinski definition) is 2. The number of amides is 1. The third-order valence-corrected chi connectivity index (χ3v) is 6.75. The zero-order valence-electron chi connectivity index (χ0n) is 18.9. The molecule has 7 heteroatoms. The van der Waals surface area contributed by atoms with Crippen molar-refractivity contribution in [3.05, 3.63) is 40.8 Å². The van der Waals surface area contributed by atoms with Crippen LogP contribution in [-0.2, 0) is 16.0 Å². The molecule has 3 unspecified atom stereocenters. The van der Waals surface area contributed by atoms with Gasteiger partial charge in [0.25, 0.3) is 5.91 Å². The number of aryl methyl sites for hydroxylation is 1. The lowest BCUT2D eigenvalue weighted by atomic mass is 9.78. The minimum atomic E-state index is -0.805. The van der Waals surface area contributed by atoms with Gasteiger partial charge >= 0.3 is 5.97 Å². The van der Waals surface area contributed by atoms with E-state index in [1.54, 1.807) is 0 Å². The summed E-state index contributed by atoms with van der Waals surface area (Å²) < 4.78 is 11.9. The number of ether oxygens (including phenoxy) is 1. The summed E-state index contributed by atoms with van der Waals surface area (Å²) in [5.41, 5.74) is 4.37. The summed E-state index contributed by atoms with van der Waals surface area (Å²) in [6.07, 6.45) is 8.64. The molecule has 7 nitrogen and oxygen atoms in total. The molecule has 0 aliphatic carbocycles. The maximum atomic E-state index is 12.5. The fourth-order valence-electron chi connectivity index (χ4n) is 5.06. The normalized spacial score (nSPS) is 21.8. The van der Waals surface area contributed by atoms with Gasteiger partial charge in [-0.2, -0.15) is 0 Å². The molecule has 2 aliphatic rings. The number of nitrogens with zero attached hydrogens (tertiary/aromatic N) is 1. The fraction of sp³-hybridized carbons (Fsp3) is 0.560. The number of unbranched alkanes of at least 4 members (excludes halogenated alkanes) is 2. The predicted molar refractivity (Wildman–Crippen MR) is 120 cm³/mol. The highest BCUT2D eigenvalue weighted by Gasteiger charge is 2.43. The van der Waals surface area contributed by atoms with E-state index in [-0.39, 0.29) is 36.1 Å². The van der Waals surface area contributed by atoms with Crippen LogP contribution >= 0.6 is 0 Å². The Hall–Kier alpha value is -2.67. The number of carboxylic acid groups (broad SMARTS) is 1. The van der Waals surface area contributed by atoms with Gasteiger partial charge in [0.15, 0.2) is 5.69 Å². The van der Waals surface area contributed by atoms with Crippen molar-refractivity contribution in [3.63, 3.8) is 0 Å². The van der Waals surface area contributed by atoms with E-state index in [0.29, 0.717) is 18.9 Å². The zero-order chi connectivity index (χ0) is 22.7. The average Bonchev–Trinajstić information content (AvgIpc) is 3.52. The monoisotopic (exact) mass is 440 g/mol. The van der Waals surface area contributed by atoms with E-state index < -0.39 is 5.97 Å². The number of aliphatic carboxylic acids is 1. The minimum Gasteiger partial charge on any atom is -0.481 e. The van der Waals surface area contributed by atoms with E-state index in [0.717, 1.165) is 60.8 Å². The molecule has 172 valence electrons. The number of carbonyl (C=O) groups is 2. The molecule has 1 aromatic carbocycles. The molecule has 0 spiro atoms. The molecular weight excluding hydrogens is 408 g/mol. The van der Waals surface area contributed by atoms with Gasteiger partial charge in [-0.25, -0.2) is 4.98 Å². The summed E-state index contributed by atoms with van der Waals surface area (Å²) in [4.78, 5) is 28.1. The van der Waals surface area contributed by atoms with E-state index in [1.165, 1.54) is 6.26 Å². The third kappa shape index (κ3) is 4.72. The van der Waals surface area contributed by atoms with Crippen LogP contribution in [0, 0.1) is 6.92 Å². The average molecular weight is 441 g/mol. The molecule has 2 fully saturated rings. The maximum Gasteiger partial charge on any atom is 0.303 e. The van der Waals surface area contributed by atoms with Crippen molar-refractivity contribution >= 4 is 11.9 Å². The van der Waals surface area contributed by atoms with Crippen LogP contribution in [0.4, 0.5) is 0 Å². The lowest BCUT2D eigenvalue weighted by molar-refractivity contribution is -0.136. The molecule has 3 atom stereocenters. The van der Waals surface area contributed by atoms with Crippen LogP contribution in [0.3, 0.4) is 0 Å². The number of carboxylic acids is 1. The Bertz CT molecular complexity index is 983. The Morgan fingerprint density at radius 3 is 2.78 bits per heavy atom. The first-order valence-corrected chi connectivity index (χ1v) is 11.7. The molecular formula is C25H32N2O5. The van der Waals surface area contributed by atoms with Gasteiger partial charge in [-0.3, -0.25) is 9.59 Å². The molecule has 1 aromatic heterocycles. The molecule has 3 heterocycles. The van der Waals surface area contributed by atoms with Gasteiger partial charge in [-0.15, -0.1) is 0 Å². The van der Waals surface area contributed by atoms with Gasteiger partial charge < -0.3 is 19.6 Å². The zero-order valence-corrected chi connectivity index (χ0v) is 18.9. The molecule has 2 bridgehead atoms. The number of carbonyl (C=O) groups excluding carboxylic acids is 1. The highest BCUT2D eigenvalue weighted by Crippen LogP contribution is 2.48. The first-order chi connectivity index (χ1) is 15.5. The second-order valence-electron chi connectivity index (χ2n) is 8.92.